The number of unbranched alkanes of at least 4 members (excludes halogenated alkanes) is 2. The monoisotopic (exact) mass is 578 g/mol. The van der Waals surface area contributed by atoms with Crippen molar-refractivity contribution in [1.29, 1.82) is 0 Å². The Labute approximate surface area is 235 Å². The van der Waals surface area contributed by atoms with Crippen LogP contribution >= 0.6 is 0 Å². The molecule has 0 aromatic heterocycles. The van der Waals surface area contributed by atoms with Crippen LogP contribution in [0.5, 0.6) is 0 Å². The van der Waals surface area contributed by atoms with Gasteiger partial charge >= 0.3 is 23.8 Å². The summed E-state index contributed by atoms with van der Waals surface area (Å²) in [5.74, 6) is -13.3. The Hall–Kier alpha value is -1.94. The SMILES string of the molecule is C=C(CO)C(=O)OCC(COC(=O)C(=C)CO)C1CCC(C(F)(F)C(F)(F)C2CCC(CCCCC)CC2)CC1. The van der Waals surface area contributed by atoms with Gasteiger partial charge in [0.1, 0.15) is 0 Å². The van der Waals surface area contributed by atoms with Gasteiger partial charge in [0, 0.05) is 17.8 Å². The molecule has 0 aliphatic heterocycles. The number of esters is 2. The molecule has 2 saturated carbocycles. The van der Waals surface area contributed by atoms with Gasteiger partial charge in [-0.15, -0.1) is 0 Å². The Balaban J connectivity index is 1.99. The van der Waals surface area contributed by atoms with Gasteiger partial charge in [0.15, 0.2) is 0 Å². The van der Waals surface area contributed by atoms with Crippen LogP contribution < -0.4 is 0 Å². The van der Waals surface area contributed by atoms with Crippen LogP contribution in [0, 0.1) is 29.6 Å². The lowest BCUT2D eigenvalue weighted by molar-refractivity contribution is -0.270. The third-order valence-electron chi connectivity index (χ3n) is 8.79. The fraction of sp³-hybridized carbons (Fsp3) is 0.800. The smallest absolute Gasteiger partial charge is 0.335 e. The molecule has 0 amide bonds. The van der Waals surface area contributed by atoms with E-state index in [2.05, 4.69) is 20.1 Å². The van der Waals surface area contributed by atoms with Crippen molar-refractivity contribution in [3.8, 4) is 0 Å². The Bertz CT molecular complexity index is 813. The lowest BCUT2D eigenvalue weighted by Crippen LogP contribution is -2.53. The number of aliphatic hydroxyl groups is 2. The Morgan fingerprint density at radius 2 is 1.20 bits per heavy atom. The molecule has 0 radical (unpaired) electrons. The van der Waals surface area contributed by atoms with Gasteiger partial charge < -0.3 is 19.7 Å². The van der Waals surface area contributed by atoms with E-state index in [9.17, 15) is 9.59 Å². The molecule has 0 spiro atoms. The third kappa shape index (κ3) is 9.03. The van der Waals surface area contributed by atoms with E-state index in [1.54, 1.807) is 0 Å². The van der Waals surface area contributed by atoms with Crippen molar-refractivity contribution in [2.24, 2.45) is 29.6 Å². The van der Waals surface area contributed by atoms with Crippen molar-refractivity contribution < 1.29 is 46.8 Å². The van der Waals surface area contributed by atoms with Crippen LogP contribution in [-0.4, -0.2) is 60.4 Å². The number of halogens is 4. The fourth-order valence-corrected chi connectivity index (χ4v) is 6.01. The molecule has 40 heavy (non-hydrogen) atoms. The summed E-state index contributed by atoms with van der Waals surface area (Å²) >= 11 is 0. The highest BCUT2D eigenvalue weighted by Crippen LogP contribution is 2.54. The summed E-state index contributed by atoms with van der Waals surface area (Å²) < 4.78 is 71.6. The first-order valence-corrected chi connectivity index (χ1v) is 14.6. The van der Waals surface area contributed by atoms with Crippen molar-refractivity contribution in [3.05, 3.63) is 24.3 Å². The average Bonchev–Trinajstić information content (AvgIpc) is 2.96. The second kappa shape index (κ2) is 15.9. The molecule has 2 N–H and O–H groups in total. The Morgan fingerprint density at radius 1 is 0.775 bits per heavy atom. The van der Waals surface area contributed by atoms with Crippen LogP contribution in [0.15, 0.2) is 24.3 Å². The molecule has 2 rings (SSSR count). The lowest BCUT2D eigenvalue weighted by Gasteiger charge is -2.43. The molecule has 2 fully saturated rings. The van der Waals surface area contributed by atoms with Crippen molar-refractivity contribution in [2.45, 2.75) is 95.8 Å². The van der Waals surface area contributed by atoms with Crippen molar-refractivity contribution in [1.82, 2.24) is 0 Å². The zero-order chi connectivity index (χ0) is 29.9. The minimum atomic E-state index is -4.14. The molecular formula is C30H46F4O6. The first kappa shape index (κ1) is 34.3. The van der Waals surface area contributed by atoms with Gasteiger partial charge in [0.05, 0.1) is 37.6 Å². The van der Waals surface area contributed by atoms with E-state index in [0.29, 0.717) is 18.8 Å². The van der Waals surface area contributed by atoms with Gasteiger partial charge in [-0.05, 0) is 63.2 Å². The lowest BCUT2D eigenvalue weighted by atomic mass is 9.69. The van der Waals surface area contributed by atoms with Gasteiger partial charge in [0.25, 0.3) is 0 Å². The zero-order valence-electron chi connectivity index (χ0n) is 23.7. The van der Waals surface area contributed by atoms with Crippen molar-refractivity contribution >= 4 is 11.9 Å². The molecule has 0 atom stereocenters. The summed E-state index contributed by atoms with van der Waals surface area (Å²) in [5.41, 5.74) is -0.352. The molecule has 0 aromatic carbocycles. The number of carbonyl (C=O) groups excluding carboxylic acids is 2. The Kier molecular flexibility index (Phi) is 13.6. The summed E-state index contributed by atoms with van der Waals surface area (Å²) in [7, 11) is 0. The molecule has 0 bridgehead atoms. The predicted octanol–water partition coefficient (Wildman–Crippen LogP) is 6.25. The summed E-state index contributed by atoms with van der Waals surface area (Å²) in [6, 6.07) is 0. The topological polar surface area (TPSA) is 93.1 Å². The van der Waals surface area contributed by atoms with Gasteiger partial charge in [-0.25, -0.2) is 9.59 Å². The number of rotatable bonds is 16. The van der Waals surface area contributed by atoms with E-state index in [0.717, 1.165) is 25.7 Å². The third-order valence-corrected chi connectivity index (χ3v) is 8.79. The van der Waals surface area contributed by atoms with E-state index >= 15 is 17.6 Å². The first-order valence-electron chi connectivity index (χ1n) is 14.6. The minimum Gasteiger partial charge on any atom is -0.462 e. The standard InChI is InChI=1S/C30H46F4O6/c1-4-5-6-7-22-8-12-25(13-9-22)29(31,32)30(33,34)26-14-10-23(11-15-26)24(18-39-27(37)20(2)16-35)19-40-28(38)21(3)17-36/h22-26,35-36H,2-19H2,1H3. The minimum absolute atomic E-state index is 0.117. The molecule has 0 unspecified atom stereocenters. The van der Waals surface area contributed by atoms with Crippen molar-refractivity contribution in [3.63, 3.8) is 0 Å². The number of ether oxygens (including phenoxy) is 2. The van der Waals surface area contributed by atoms with Crippen molar-refractivity contribution in [2.75, 3.05) is 26.4 Å². The molecule has 0 saturated heterocycles. The van der Waals surface area contributed by atoms with E-state index < -0.39 is 54.8 Å². The fourth-order valence-electron chi connectivity index (χ4n) is 6.01. The largest absolute Gasteiger partial charge is 0.462 e. The number of carbonyl (C=O) groups is 2. The van der Waals surface area contributed by atoms with Crippen LogP contribution in [-0.2, 0) is 19.1 Å². The molecule has 2 aliphatic carbocycles. The highest BCUT2D eigenvalue weighted by Gasteiger charge is 2.64. The van der Waals surface area contributed by atoms with Crippen LogP contribution in [0.25, 0.3) is 0 Å². The second-order valence-corrected chi connectivity index (χ2v) is 11.6. The van der Waals surface area contributed by atoms with Crippen LogP contribution in [0.2, 0.25) is 0 Å². The summed E-state index contributed by atoms with van der Waals surface area (Å²) in [6.07, 6.45) is 5.64. The van der Waals surface area contributed by atoms with Gasteiger partial charge in [-0.1, -0.05) is 45.8 Å². The normalized spacial score (nSPS) is 24.0. The van der Waals surface area contributed by atoms with E-state index in [1.807, 2.05) is 0 Å². The quantitative estimate of drug-likeness (QED) is 0.0974. The average molecular weight is 579 g/mol. The van der Waals surface area contributed by atoms with E-state index in [4.69, 9.17) is 19.7 Å². The molecule has 6 nitrogen and oxygen atoms in total. The molecule has 2 aliphatic rings. The molecular weight excluding hydrogens is 532 g/mol. The van der Waals surface area contributed by atoms with Crippen LogP contribution in [0.4, 0.5) is 17.6 Å². The van der Waals surface area contributed by atoms with E-state index in [-0.39, 0.29) is 68.8 Å². The van der Waals surface area contributed by atoms with Crippen LogP contribution in [0.3, 0.4) is 0 Å². The molecule has 0 aromatic rings. The maximum Gasteiger partial charge on any atom is 0.335 e. The maximum atomic E-state index is 15.4. The van der Waals surface area contributed by atoms with E-state index in [1.165, 1.54) is 0 Å². The highest BCUT2D eigenvalue weighted by atomic mass is 19.3. The summed E-state index contributed by atoms with van der Waals surface area (Å²) in [4.78, 5) is 23.9. The molecule has 230 valence electrons. The number of hydrogen-bond donors (Lipinski definition) is 2. The summed E-state index contributed by atoms with van der Waals surface area (Å²) in [5, 5.41) is 18.1. The second-order valence-electron chi connectivity index (χ2n) is 11.6. The number of aliphatic hydroxyl groups excluding tert-OH is 2. The van der Waals surface area contributed by atoms with Crippen LogP contribution in [0.1, 0.15) is 84.0 Å². The predicted molar refractivity (Wildman–Crippen MR) is 143 cm³/mol. The first-order chi connectivity index (χ1) is 18.9. The molecule has 10 heteroatoms. The number of alkyl halides is 4. The summed E-state index contributed by atoms with van der Waals surface area (Å²) in [6.45, 7) is 7.19. The van der Waals surface area contributed by atoms with Gasteiger partial charge in [-0.3, -0.25) is 0 Å². The number of hydrogen-bond acceptors (Lipinski definition) is 6. The highest BCUT2D eigenvalue weighted by molar-refractivity contribution is 5.88. The zero-order valence-corrected chi connectivity index (χ0v) is 23.7. The molecule has 0 heterocycles. The Morgan fingerprint density at radius 3 is 1.60 bits per heavy atom. The van der Waals surface area contributed by atoms with Gasteiger partial charge in [-0.2, -0.15) is 17.6 Å². The van der Waals surface area contributed by atoms with Gasteiger partial charge in [0.2, 0.25) is 0 Å². The maximum absolute atomic E-state index is 15.4.